The van der Waals surface area contributed by atoms with E-state index in [2.05, 4.69) is 29.4 Å². The van der Waals surface area contributed by atoms with Gasteiger partial charge in [-0.1, -0.05) is 37.0 Å². The smallest absolute Gasteiger partial charge is 0.317 e. The summed E-state index contributed by atoms with van der Waals surface area (Å²) in [7, 11) is 0. The van der Waals surface area contributed by atoms with Gasteiger partial charge in [0.05, 0.1) is 5.02 Å². The van der Waals surface area contributed by atoms with Gasteiger partial charge in [0.25, 0.3) is 0 Å². The molecule has 0 atom stereocenters. The highest BCUT2D eigenvalue weighted by Crippen LogP contribution is 2.27. The van der Waals surface area contributed by atoms with E-state index in [4.69, 9.17) is 27.9 Å². The molecule has 0 aromatic heterocycles. The normalized spacial score (nSPS) is 10.6. The number of hydrogen-bond donors (Lipinski definition) is 2. The van der Waals surface area contributed by atoms with Crippen LogP contribution in [0.4, 0.5) is 4.79 Å². The molecule has 2 N–H and O–H groups in total. The van der Waals surface area contributed by atoms with Gasteiger partial charge in [0.2, 0.25) is 0 Å². The lowest BCUT2D eigenvalue weighted by Crippen LogP contribution is -2.39. The minimum absolute atomic E-state index is 0.0449. The average Bonchev–Trinajstić information content (AvgIpc) is 2.49. The van der Waals surface area contributed by atoms with E-state index in [-0.39, 0.29) is 12.8 Å². The molecule has 0 saturated heterocycles. The van der Waals surface area contributed by atoms with Crippen LogP contribution in [0.5, 0.6) is 5.75 Å². The molecule has 0 unspecified atom stereocenters. The molecule has 0 bridgehead atoms. The Hall–Kier alpha value is -1.17. The largest absolute Gasteiger partial charge is 0.472 e. The number of amides is 2. The first kappa shape index (κ1) is 18.9. The molecule has 1 aromatic rings. The van der Waals surface area contributed by atoms with Crippen LogP contribution in [0.1, 0.15) is 20.3 Å². The summed E-state index contributed by atoms with van der Waals surface area (Å²) < 4.78 is 5.37. The molecule has 124 valence electrons. The number of halogens is 2. The summed E-state index contributed by atoms with van der Waals surface area (Å²) in [6.07, 6.45) is 0.916. The number of rotatable bonds is 9. The van der Waals surface area contributed by atoms with Gasteiger partial charge in [0.15, 0.2) is 6.73 Å². The quantitative estimate of drug-likeness (QED) is 0.532. The van der Waals surface area contributed by atoms with Crippen molar-refractivity contribution in [3.8, 4) is 5.75 Å². The fraction of sp³-hybridized carbons (Fsp3) is 0.533. The van der Waals surface area contributed by atoms with Gasteiger partial charge in [0, 0.05) is 11.6 Å². The number of hydrogen-bond acceptors (Lipinski definition) is 3. The number of nitrogens with one attached hydrogen (secondary N) is 2. The summed E-state index contributed by atoms with van der Waals surface area (Å²) in [6, 6.07) is 4.67. The fourth-order valence-electron chi connectivity index (χ4n) is 1.88. The van der Waals surface area contributed by atoms with E-state index in [1.807, 2.05) is 0 Å². The van der Waals surface area contributed by atoms with E-state index in [0.29, 0.717) is 22.3 Å². The van der Waals surface area contributed by atoms with E-state index in [1.165, 1.54) is 0 Å². The molecule has 0 aliphatic carbocycles. The molecule has 0 radical (unpaired) electrons. The van der Waals surface area contributed by atoms with Gasteiger partial charge in [-0.25, -0.2) is 4.79 Å². The molecule has 22 heavy (non-hydrogen) atoms. The molecule has 0 spiro atoms. The number of benzene rings is 1. The summed E-state index contributed by atoms with van der Waals surface area (Å²) >= 11 is 11.8. The van der Waals surface area contributed by atoms with Crippen LogP contribution in [0.2, 0.25) is 10.0 Å². The van der Waals surface area contributed by atoms with Crippen LogP contribution < -0.4 is 15.4 Å². The second kappa shape index (κ2) is 10.5. The summed E-state index contributed by atoms with van der Waals surface area (Å²) in [5.41, 5.74) is 0. The van der Waals surface area contributed by atoms with Gasteiger partial charge >= 0.3 is 6.03 Å². The molecule has 0 aliphatic heterocycles. The maximum Gasteiger partial charge on any atom is 0.317 e. The lowest BCUT2D eigenvalue weighted by Gasteiger charge is -2.17. The maximum atomic E-state index is 11.6. The van der Waals surface area contributed by atoms with Crippen LogP contribution in [0.15, 0.2) is 18.2 Å². The van der Waals surface area contributed by atoms with Crippen molar-refractivity contribution in [2.75, 3.05) is 32.9 Å². The zero-order valence-corrected chi connectivity index (χ0v) is 14.5. The van der Waals surface area contributed by atoms with Gasteiger partial charge in [-0.05, 0) is 44.3 Å². The average molecular weight is 348 g/mol. The molecule has 0 heterocycles. The SMILES string of the molecule is CCN(CC)CCCNC(=O)NCOc1ccc(Cl)cc1Cl. The standard InChI is InChI=1S/C15H23Cl2N3O2/c1-3-20(4-2)9-5-8-18-15(21)19-11-22-14-7-6-12(16)10-13(14)17/h6-7,10H,3-5,8-9,11H2,1-2H3,(H2,18,19,21). The van der Waals surface area contributed by atoms with Crippen molar-refractivity contribution >= 4 is 29.2 Å². The fourth-order valence-corrected chi connectivity index (χ4v) is 2.34. The predicted octanol–water partition coefficient (Wildman–Crippen LogP) is 3.36. The second-order valence-corrected chi connectivity index (χ2v) is 5.52. The predicted molar refractivity (Wildman–Crippen MR) is 90.9 cm³/mol. The van der Waals surface area contributed by atoms with Crippen molar-refractivity contribution in [3.05, 3.63) is 28.2 Å². The minimum atomic E-state index is -0.260. The molecule has 0 fully saturated rings. The van der Waals surface area contributed by atoms with Crippen LogP contribution >= 0.6 is 23.2 Å². The van der Waals surface area contributed by atoms with Crippen molar-refractivity contribution in [3.63, 3.8) is 0 Å². The summed E-state index contributed by atoms with van der Waals surface area (Å²) in [5.74, 6) is 0.480. The highest BCUT2D eigenvalue weighted by molar-refractivity contribution is 6.35. The number of ether oxygens (including phenoxy) is 1. The Kier molecular flexibility index (Phi) is 9.04. The van der Waals surface area contributed by atoms with Crippen molar-refractivity contribution in [2.24, 2.45) is 0 Å². The van der Waals surface area contributed by atoms with Crippen LogP contribution in [0, 0.1) is 0 Å². The van der Waals surface area contributed by atoms with Crippen LogP contribution in [0.25, 0.3) is 0 Å². The Morgan fingerprint density at radius 3 is 2.59 bits per heavy atom. The highest BCUT2D eigenvalue weighted by atomic mass is 35.5. The Morgan fingerprint density at radius 1 is 1.23 bits per heavy atom. The summed E-state index contributed by atoms with van der Waals surface area (Å²) in [5, 5.41) is 6.35. The van der Waals surface area contributed by atoms with Crippen LogP contribution in [-0.2, 0) is 0 Å². The van der Waals surface area contributed by atoms with Crippen LogP contribution in [0.3, 0.4) is 0 Å². The maximum absolute atomic E-state index is 11.6. The van der Waals surface area contributed by atoms with Gasteiger partial charge in [-0.15, -0.1) is 0 Å². The van der Waals surface area contributed by atoms with Gasteiger partial charge in [-0.2, -0.15) is 0 Å². The first-order valence-electron chi connectivity index (χ1n) is 7.38. The summed E-state index contributed by atoms with van der Waals surface area (Å²) in [6.45, 7) is 7.96. The molecular weight excluding hydrogens is 325 g/mol. The minimum Gasteiger partial charge on any atom is -0.472 e. The number of carbonyl (C=O) groups is 1. The zero-order chi connectivity index (χ0) is 16.4. The molecule has 0 saturated carbocycles. The van der Waals surface area contributed by atoms with E-state index in [1.54, 1.807) is 18.2 Å². The third kappa shape index (κ3) is 7.20. The molecular formula is C15H23Cl2N3O2. The number of urea groups is 1. The monoisotopic (exact) mass is 347 g/mol. The molecule has 2 amide bonds. The van der Waals surface area contributed by atoms with E-state index < -0.39 is 0 Å². The number of nitrogens with zero attached hydrogens (tertiary/aromatic N) is 1. The zero-order valence-electron chi connectivity index (χ0n) is 13.0. The van der Waals surface area contributed by atoms with Crippen LogP contribution in [-0.4, -0.2) is 43.8 Å². The molecule has 0 aliphatic rings. The topological polar surface area (TPSA) is 53.6 Å². The van der Waals surface area contributed by atoms with Crippen molar-refractivity contribution in [2.45, 2.75) is 20.3 Å². The lowest BCUT2D eigenvalue weighted by atomic mass is 10.3. The third-order valence-corrected chi connectivity index (χ3v) is 3.72. The van der Waals surface area contributed by atoms with Gasteiger partial charge in [0.1, 0.15) is 5.75 Å². The molecule has 7 heteroatoms. The lowest BCUT2D eigenvalue weighted by molar-refractivity contribution is 0.223. The summed E-state index contributed by atoms with van der Waals surface area (Å²) in [4.78, 5) is 13.9. The molecule has 1 aromatic carbocycles. The highest BCUT2D eigenvalue weighted by Gasteiger charge is 2.04. The van der Waals surface area contributed by atoms with Crippen molar-refractivity contribution in [1.82, 2.24) is 15.5 Å². The first-order chi connectivity index (χ1) is 10.6. The Morgan fingerprint density at radius 2 is 1.95 bits per heavy atom. The Balaban J connectivity index is 2.15. The second-order valence-electron chi connectivity index (χ2n) is 4.68. The van der Waals surface area contributed by atoms with Crippen molar-refractivity contribution in [1.29, 1.82) is 0 Å². The first-order valence-corrected chi connectivity index (χ1v) is 8.14. The Labute approximate surface area is 141 Å². The van der Waals surface area contributed by atoms with Crippen molar-refractivity contribution < 1.29 is 9.53 Å². The number of carbonyl (C=O) groups excluding carboxylic acids is 1. The van der Waals surface area contributed by atoms with E-state index in [9.17, 15) is 4.79 Å². The Bertz CT molecular complexity index is 468. The molecule has 1 rings (SSSR count). The van der Waals surface area contributed by atoms with E-state index >= 15 is 0 Å². The third-order valence-electron chi connectivity index (χ3n) is 3.19. The van der Waals surface area contributed by atoms with Gasteiger partial charge in [-0.3, -0.25) is 0 Å². The molecule has 5 nitrogen and oxygen atoms in total. The van der Waals surface area contributed by atoms with E-state index in [0.717, 1.165) is 26.1 Å². The van der Waals surface area contributed by atoms with Gasteiger partial charge < -0.3 is 20.3 Å².